The number of thiazole rings is 1. The van der Waals surface area contributed by atoms with E-state index in [1.54, 1.807) is 36.8 Å². The zero-order chi connectivity index (χ0) is 18.1. The predicted molar refractivity (Wildman–Crippen MR) is 108 cm³/mol. The molecule has 0 aliphatic rings. The third kappa shape index (κ3) is 3.23. The monoisotopic (exact) mass is 427 g/mol. The molecule has 1 amide bonds. The number of anilines is 1. The van der Waals surface area contributed by atoms with Gasteiger partial charge in [0.25, 0.3) is 5.91 Å². The summed E-state index contributed by atoms with van der Waals surface area (Å²) < 4.78 is 6.12. The largest absolute Gasteiger partial charge is 0.497 e. The number of aromatic amines is 1. The minimum Gasteiger partial charge on any atom is -0.497 e. The van der Waals surface area contributed by atoms with Gasteiger partial charge in [-0.25, -0.2) is 4.98 Å². The SMILES string of the molecule is COc1ccc(NC(=O)c2csc(-c3c[nH]c4ccc(Br)cc34)n2)cc1. The average Bonchev–Trinajstić information content (AvgIpc) is 3.28. The van der Waals surface area contributed by atoms with Crippen LogP contribution in [-0.4, -0.2) is 23.0 Å². The van der Waals surface area contributed by atoms with E-state index in [4.69, 9.17) is 4.74 Å². The number of nitrogens with one attached hydrogen (secondary N) is 2. The number of aromatic nitrogens is 2. The van der Waals surface area contributed by atoms with Crippen LogP contribution < -0.4 is 10.1 Å². The molecule has 4 rings (SSSR count). The Morgan fingerprint density at radius 3 is 2.81 bits per heavy atom. The number of amides is 1. The summed E-state index contributed by atoms with van der Waals surface area (Å²) in [7, 11) is 1.60. The molecule has 2 aromatic carbocycles. The summed E-state index contributed by atoms with van der Waals surface area (Å²) >= 11 is 4.94. The molecule has 5 nitrogen and oxygen atoms in total. The molecule has 0 saturated carbocycles. The standard InChI is InChI=1S/C19H14BrN3O2S/c1-25-13-5-3-12(4-6-13)22-18(24)17-10-26-19(23-17)15-9-21-16-7-2-11(20)8-14(15)16/h2-10,21H,1H3,(H,22,24). The molecule has 0 fully saturated rings. The molecule has 0 unspecified atom stereocenters. The highest BCUT2D eigenvalue weighted by Crippen LogP contribution is 2.32. The van der Waals surface area contributed by atoms with E-state index in [0.717, 1.165) is 31.7 Å². The maximum atomic E-state index is 12.5. The van der Waals surface area contributed by atoms with Gasteiger partial charge in [-0.2, -0.15) is 0 Å². The lowest BCUT2D eigenvalue weighted by molar-refractivity contribution is 0.102. The maximum Gasteiger partial charge on any atom is 0.275 e. The quantitative estimate of drug-likeness (QED) is 0.463. The summed E-state index contributed by atoms with van der Waals surface area (Å²) in [5, 5.41) is 6.48. The minimum atomic E-state index is -0.237. The smallest absolute Gasteiger partial charge is 0.275 e. The summed E-state index contributed by atoms with van der Waals surface area (Å²) in [6.45, 7) is 0. The second kappa shape index (κ2) is 6.93. The van der Waals surface area contributed by atoms with Crippen LogP contribution >= 0.6 is 27.3 Å². The fourth-order valence-electron chi connectivity index (χ4n) is 2.64. The number of fused-ring (bicyclic) bond motifs is 1. The van der Waals surface area contributed by atoms with Crippen molar-refractivity contribution in [2.75, 3.05) is 12.4 Å². The van der Waals surface area contributed by atoms with Gasteiger partial charge in [0.15, 0.2) is 0 Å². The Morgan fingerprint density at radius 1 is 1.23 bits per heavy atom. The van der Waals surface area contributed by atoms with E-state index in [9.17, 15) is 4.79 Å². The van der Waals surface area contributed by atoms with Crippen molar-refractivity contribution in [3.05, 3.63) is 64.2 Å². The highest BCUT2D eigenvalue weighted by molar-refractivity contribution is 9.10. The second-order valence-electron chi connectivity index (χ2n) is 5.61. The lowest BCUT2D eigenvalue weighted by Crippen LogP contribution is -2.12. The van der Waals surface area contributed by atoms with Crippen LogP contribution in [-0.2, 0) is 0 Å². The van der Waals surface area contributed by atoms with Gasteiger partial charge in [0, 0.05) is 38.2 Å². The third-order valence-electron chi connectivity index (χ3n) is 3.96. The fraction of sp³-hybridized carbons (Fsp3) is 0.0526. The molecule has 0 spiro atoms. The van der Waals surface area contributed by atoms with Gasteiger partial charge < -0.3 is 15.0 Å². The molecule has 0 atom stereocenters. The van der Waals surface area contributed by atoms with E-state index in [0.29, 0.717) is 11.4 Å². The first-order valence-electron chi connectivity index (χ1n) is 7.82. The first-order valence-corrected chi connectivity index (χ1v) is 9.49. The number of rotatable bonds is 4. The molecule has 0 aliphatic heterocycles. The molecule has 2 N–H and O–H groups in total. The highest BCUT2D eigenvalue weighted by Gasteiger charge is 2.15. The number of hydrogen-bond acceptors (Lipinski definition) is 4. The fourth-order valence-corrected chi connectivity index (χ4v) is 3.83. The van der Waals surface area contributed by atoms with Gasteiger partial charge in [-0.3, -0.25) is 4.79 Å². The highest BCUT2D eigenvalue weighted by atomic mass is 79.9. The Bertz CT molecular complexity index is 1090. The van der Waals surface area contributed by atoms with Crippen LogP contribution in [0, 0.1) is 0 Å². The maximum absolute atomic E-state index is 12.5. The second-order valence-corrected chi connectivity index (χ2v) is 7.39. The lowest BCUT2D eigenvalue weighted by atomic mass is 10.2. The van der Waals surface area contributed by atoms with E-state index in [1.165, 1.54) is 11.3 Å². The number of H-pyrrole nitrogens is 1. The Labute approximate surface area is 162 Å². The Hall–Kier alpha value is -2.64. The van der Waals surface area contributed by atoms with Gasteiger partial charge in [-0.05, 0) is 42.5 Å². The van der Waals surface area contributed by atoms with Crippen molar-refractivity contribution in [1.82, 2.24) is 9.97 Å². The molecule has 0 bridgehead atoms. The molecule has 7 heteroatoms. The Kier molecular flexibility index (Phi) is 4.48. The van der Waals surface area contributed by atoms with Crippen molar-refractivity contribution in [3.63, 3.8) is 0 Å². The Balaban J connectivity index is 1.58. The minimum absolute atomic E-state index is 0.237. The zero-order valence-corrected chi connectivity index (χ0v) is 16.1. The molecule has 2 heterocycles. The first-order chi connectivity index (χ1) is 12.6. The van der Waals surface area contributed by atoms with E-state index in [-0.39, 0.29) is 5.91 Å². The number of ether oxygens (including phenoxy) is 1. The van der Waals surface area contributed by atoms with Gasteiger partial charge in [-0.15, -0.1) is 11.3 Å². The number of carbonyl (C=O) groups excluding carboxylic acids is 1. The normalized spacial score (nSPS) is 10.8. The van der Waals surface area contributed by atoms with Crippen LogP contribution in [0.5, 0.6) is 5.75 Å². The molecular weight excluding hydrogens is 414 g/mol. The van der Waals surface area contributed by atoms with Gasteiger partial charge in [0.05, 0.1) is 7.11 Å². The van der Waals surface area contributed by atoms with Crippen molar-refractivity contribution >= 4 is 49.8 Å². The van der Waals surface area contributed by atoms with Crippen molar-refractivity contribution in [2.24, 2.45) is 0 Å². The van der Waals surface area contributed by atoms with E-state index >= 15 is 0 Å². The number of methoxy groups -OCH3 is 1. The topological polar surface area (TPSA) is 67.0 Å². The number of carbonyl (C=O) groups is 1. The molecule has 0 radical (unpaired) electrons. The van der Waals surface area contributed by atoms with Crippen LogP contribution in [0.4, 0.5) is 5.69 Å². The summed E-state index contributed by atoms with van der Waals surface area (Å²) in [5.41, 5.74) is 3.10. The number of benzene rings is 2. The van der Waals surface area contributed by atoms with Crippen molar-refractivity contribution in [1.29, 1.82) is 0 Å². The Morgan fingerprint density at radius 2 is 2.04 bits per heavy atom. The van der Waals surface area contributed by atoms with Crippen molar-refractivity contribution < 1.29 is 9.53 Å². The molecule has 0 saturated heterocycles. The van der Waals surface area contributed by atoms with Crippen LogP contribution in [0.1, 0.15) is 10.5 Å². The summed E-state index contributed by atoms with van der Waals surface area (Å²) in [6, 6.07) is 13.2. The van der Waals surface area contributed by atoms with E-state index in [2.05, 4.69) is 31.2 Å². The van der Waals surface area contributed by atoms with Crippen molar-refractivity contribution in [2.45, 2.75) is 0 Å². The molecule has 2 aromatic heterocycles. The third-order valence-corrected chi connectivity index (χ3v) is 5.33. The van der Waals surface area contributed by atoms with Gasteiger partial charge >= 0.3 is 0 Å². The summed E-state index contributed by atoms with van der Waals surface area (Å²) in [5.74, 6) is 0.503. The van der Waals surface area contributed by atoms with E-state index in [1.807, 2.05) is 24.4 Å². The number of nitrogens with zero attached hydrogens (tertiary/aromatic N) is 1. The van der Waals surface area contributed by atoms with Gasteiger partial charge in [0.1, 0.15) is 16.5 Å². The lowest BCUT2D eigenvalue weighted by Gasteiger charge is -2.04. The van der Waals surface area contributed by atoms with E-state index < -0.39 is 0 Å². The molecule has 26 heavy (non-hydrogen) atoms. The summed E-state index contributed by atoms with van der Waals surface area (Å²) in [6.07, 6.45) is 1.92. The van der Waals surface area contributed by atoms with Gasteiger partial charge in [0.2, 0.25) is 0 Å². The van der Waals surface area contributed by atoms with Crippen LogP contribution in [0.3, 0.4) is 0 Å². The van der Waals surface area contributed by atoms with Crippen molar-refractivity contribution in [3.8, 4) is 16.3 Å². The predicted octanol–water partition coefficient (Wildman–Crippen LogP) is 5.31. The summed E-state index contributed by atoms with van der Waals surface area (Å²) in [4.78, 5) is 20.2. The average molecular weight is 428 g/mol. The van der Waals surface area contributed by atoms with Gasteiger partial charge in [-0.1, -0.05) is 15.9 Å². The molecular formula is C19H14BrN3O2S. The molecule has 130 valence electrons. The number of hydrogen-bond donors (Lipinski definition) is 2. The first kappa shape index (κ1) is 16.8. The van der Waals surface area contributed by atoms with Crippen LogP contribution in [0.25, 0.3) is 21.5 Å². The van der Waals surface area contributed by atoms with Crippen LogP contribution in [0.15, 0.2) is 58.5 Å². The van der Waals surface area contributed by atoms with Crippen LogP contribution in [0.2, 0.25) is 0 Å². The molecule has 0 aliphatic carbocycles. The molecule has 4 aromatic rings. The zero-order valence-electron chi connectivity index (χ0n) is 13.7. The number of halogens is 1.